The molecule has 1 aliphatic carbocycles. The molecule has 2 unspecified atom stereocenters. The van der Waals surface area contributed by atoms with Crippen molar-refractivity contribution in [2.24, 2.45) is 5.92 Å². The molecule has 1 N–H and O–H groups in total. The predicted molar refractivity (Wildman–Crippen MR) is 62.9 cm³/mol. The van der Waals surface area contributed by atoms with E-state index in [1.165, 1.54) is 18.2 Å². The third-order valence-electron chi connectivity index (χ3n) is 3.60. The third kappa shape index (κ3) is 2.09. The third-order valence-corrected chi connectivity index (χ3v) is 3.93. The molecular formula is C13H16ClFO. The van der Waals surface area contributed by atoms with Gasteiger partial charge in [-0.3, -0.25) is 0 Å². The molecular weight excluding hydrogens is 227 g/mol. The predicted octanol–water partition coefficient (Wildman–Crippen LogP) is 3.88. The number of rotatable bonds is 2. The monoisotopic (exact) mass is 242 g/mol. The highest BCUT2D eigenvalue weighted by Crippen LogP contribution is 2.45. The summed E-state index contributed by atoms with van der Waals surface area (Å²) in [5, 5.41) is 11.0. The molecule has 1 fully saturated rings. The highest BCUT2D eigenvalue weighted by Gasteiger charge is 2.39. The lowest BCUT2D eigenvalue weighted by Gasteiger charge is -2.24. The molecule has 88 valence electrons. The van der Waals surface area contributed by atoms with Crippen molar-refractivity contribution in [2.75, 3.05) is 0 Å². The van der Waals surface area contributed by atoms with E-state index in [1.807, 2.05) is 0 Å². The normalized spacial score (nSPS) is 29.6. The van der Waals surface area contributed by atoms with Crippen LogP contribution in [-0.4, -0.2) is 5.11 Å². The van der Waals surface area contributed by atoms with Gasteiger partial charge in [-0.1, -0.05) is 24.9 Å². The quantitative estimate of drug-likeness (QED) is 0.835. The number of hydrogen-bond donors (Lipinski definition) is 1. The van der Waals surface area contributed by atoms with E-state index in [2.05, 4.69) is 6.92 Å². The zero-order valence-electron chi connectivity index (χ0n) is 9.34. The van der Waals surface area contributed by atoms with Crippen LogP contribution in [0.25, 0.3) is 0 Å². The van der Waals surface area contributed by atoms with E-state index in [0.29, 0.717) is 29.3 Å². The summed E-state index contributed by atoms with van der Waals surface area (Å²) >= 11 is 6.03. The average molecular weight is 243 g/mol. The number of hydrogen-bond acceptors (Lipinski definition) is 1. The number of aliphatic hydroxyl groups is 1. The summed E-state index contributed by atoms with van der Waals surface area (Å²) in [6, 6.07) is 4.20. The topological polar surface area (TPSA) is 20.2 Å². The van der Waals surface area contributed by atoms with Gasteiger partial charge in [0.2, 0.25) is 0 Å². The second-order valence-electron chi connectivity index (χ2n) is 4.67. The molecule has 1 nitrogen and oxygen atoms in total. The fraction of sp³-hybridized carbons (Fsp3) is 0.538. The van der Waals surface area contributed by atoms with Gasteiger partial charge >= 0.3 is 0 Å². The maximum Gasteiger partial charge on any atom is 0.123 e. The van der Waals surface area contributed by atoms with Crippen LogP contribution in [0.4, 0.5) is 4.39 Å². The van der Waals surface area contributed by atoms with Gasteiger partial charge in [0.1, 0.15) is 5.82 Å². The molecule has 0 saturated heterocycles. The van der Waals surface area contributed by atoms with E-state index in [9.17, 15) is 9.50 Å². The van der Waals surface area contributed by atoms with Gasteiger partial charge in [0.25, 0.3) is 0 Å². The molecule has 16 heavy (non-hydrogen) atoms. The molecule has 2 rings (SSSR count). The van der Waals surface area contributed by atoms with E-state index < -0.39 is 5.60 Å². The Hall–Kier alpha value is -0.600. The van der Waals surface area contributed by atoms with Crippen LogP contribution in [0, 0.1) is 11.7 Å². The maximum absolute atomic E-state index is 13.2. The Morgan fingerprint density at radius 3 is 2.94 bits per heavy atom. The smallest absolute Gasteiger partial charge is 0.123 e. The van der Waals surface area contributed by atoms with E-state index in [-0.39, 0.29) is 5.82 Å². The van der Waals surface area contributed by atoms with Crippen LogP contribution in [-0.2, 0) is 5.60 Å². The van der Waals surface area contributed by atoms with Crippen molar-refractivity contribution in [3.8, 4) is 0 Å². The second-order valence-corrected chi connectivity index (χ2v) is 5.08. The van der Waals surface area contributed by atoms with Gasteiger partial charge < -0.3 is 5.11 Å². The second kappa shape index (κ2) is 4.34. The molecule has 3 heteroatoms. The lowest BCUT2D eigenvalue weighted by atomic mass is 9.90. The number of benzene rings is 1. The minimum atomic E-state index is -0.931. The molecule has 0 bridgehead atoms. The molecule has 2 atom stereocenters. The van der Waals surface area contributed by atoms with E-state index in [4.69, 9.17) is 11.6 Å². The van der Waals surface area contributed by atoms with Crippen molar-refractivity contribution in [3.63, 3.8) is 0 Å². The molecule has 1 aromatic rings. The Bertz CT molecular complexity index is 394. The van der Waals surface area contributed by atoms with Crippen LogP contribution >= 0.6 is 11.6 Å². The highest BCUT2D eigenvalue weighted by molar-refractivity contribution is 6.31. The fourth-order valence-corrected chi connectivity index (χ4v) is 2.87. The largest absolute Gasteiger partial charge is 0.385 e. The summed E-state index contributed by atoms with van der Waals surface area (Å²) in [6.07, 6.45) is 3.40. The molecule has 0 heterocycles. The maximum atomic E-state index is 13.2. The lowest BCUT2D eigenvalue weighted by molar-refractivity contribution is 0.0396. The van der Waals surface area contributed by atoms with Crippen molar-refractivity contribution >= 4 is 11.6 Å². The van der Waals surface area contributed by atoms with Crippen LogP contribution in [0.2, 0.25) is 5.02 Å². The Labute approximate surface area is 100 Å². The Morgan fingerprint density at radius 2 is 2.31 bits per heavy atom. The molecule has 0 aromatic heterocycles. The van der Waals surface area contributed by atoms with Crippen LogP contribution < -0.4 is 0 Å². The first-order chi connectivity index (χ1) is 7.55. The van der Waals surface area contributed by atoms with Gasteiger partial charge in [0.15, 0.2) is 0 Å². The zero-order valence-corrected chi connectivity index (χ0v) is 10.1. The van der Waals surface area contributed by atoms with Gasteiger partial charge in [-0.05, 0) is 43.4 Å². The van der Waals surface area contributed by atoms with Gasteiger partial charge in [0, 0.05) is 10.6 Å². The van der Waals surface area contributed by atoms with Gasteiger partial charge in [-0.2, -0.15) is 0 Å². The fourth-order valence-electron chi connectivity index (χ4n) is 2.57. The van der Waals surface area contributed by atoms with Gasteiger partial charge in [0.05, 0.1) is 5.60 Å². The van der Waals surface area contributed by atoms with Crippen molar-refractivity contribution in [1.29, 1.82) is 0 Å². The lowest BCUT2D eigenvalue weighted by Crippen LogP contribution is -2.22. The molecule has 1 aromatic carbocycles. The molecule has 0 radical (unpaired) electrons. The standard InChI is InChI=1S/C13H16ClFO/c1-2-9-5-6-13(16,8-9)11-7-10(15)3-4-12(11)14/h3-4,7,9,16H,2,5-6,8H2,1H3. The summed E-state index contributed by atoms with van der Waals surface area (Å²) in [5.41, 5.74) is -0.384. The Morgan fingerprint density at radius 1 is 1.56 bits per heavy atom. The van der Waals surface area contributed by atoms with Crippen molar-refractivity contribution in [3.05, 3.63) is 34.6 Å². The minimum absolute atomic E-state index is 0.340. The highest BCUT2D eigenvalue weighted by atomic mass is 35.5. The van der Waals surface area contributed by atoms with E-state index in [0.717, 1.165) is 12.8 Å². The molecule has 1 saturated carbocycles. The molecule has 1 aliphatic rings. The summed E-state index contributed by atoms with van der Waals surface area (Å²) in [6.45, 7) is 2.11. The molecule has 0 aliphatic heterocycles. The van der Waals surface area contributed by atoms with Crippen LogP contribution in [0.15, 0.2) is 18.2 Å². The van der Waals surface area contributed by atoms with Crippen LogP contribution in [0.3, 0.4) is 0 Å². The van der Waals surface area contributed by atoms with Crippen molar-refractivity contribution < 1.29 is 9.50 Å². The van der Waals surface area contributed by atoms with Gasteiger partial charge in [-0.25, -0.2) is 4.39 Å². The van der Waals surface area contributed by atoms with Crippen LogP contribution in [0.1, 0.15) is 38.2 Å². The minimum Gasteiger partial charge on any atom is -0.385 e. The summed E-state index contributed by atoms with van der Waals surface area (Å²) < 4.78 is 13.2. The molecule has 0 spiro atoms. The SMILES string of the molecule is CCC1CCC(O)(c2cc(F)ccc2Cl)C1. The van der Waals surface area contributed by atoms with Crippen molar-refractivity contribution in [1.82, 2.24) is 0 Å². The Balaban J connectivity index is 2.33. The Kier molecular flexibility index (Phi) is 3.22. The summed E-state index contributed by atoms with van der Waals surface area (Å²) in [5.74, 6) is 0.178. The van der Waals surface area contributed by atoms with Gasteiger partial charge in [-0.15, -0.1) is 0 Å². The van der Waals surface area contributed by atoms with Crippen LogP contribution in [0.5, 0.6) is 0 Å². The number of halogens is 2. The van der Waals surface area contributed by atoms with Crippen molar-refractivity contribution in [2.45, 2.75) is 38.2 Å². The zero-order chi connectivity index (χ0) is 11.8. The molecule has 0 amide bonds. The first kappa shape index (κ1) is 11.9. The average Bonchev–Trinajstić information content (AvgIpc) is 2.65. The first-order valence-corrected chi connectivity index (χ1v) is 6.11. The first-order valence-electron chi connectivity index (χ1n) is 5.73. The van der Waals surface area contributed by atoms with E-state index in [1.54, 1.807) is 0 Å². The summed E-state index contributed by atoms with van der Waals surface area (Å²) in [7, 11) is 0. The van der Waals surface area contributed by atoms with E-state index >= 15 is 0 Å². The summed E-state index contributed by atoms with van der Waals surface area (Å²) in [4.78, 5) is 0.